The minimum Gasteiger partial charge on any atom is -0.394 e. The van der Waals surface area contributed by atoms with Gasteiger partial charge in [-0.3, -0.25) is 0 Å². The SMILES string of the molecule is CC(C)(N)CC(C)(C)OCCO. The summed E-state index contributed by atoms with van der Waals surface area (Å²) in [4.78, 5) is 0. The van der Waals surface area contributed by atoms with Gasteiger partial charge in [0.2, 0.25) is 0 Å². The van der Waals surface area contributed by atoms with Crippen LogP contribution in [0.2, 0.25) is 0 Å². The highest BCUT2D eigenvalue weighted by Crippen LogP contribution is 2.21. The highest BCUT2D eigenvalue weighted by molar-refractivity contribution is 4.82. The van der Waals surface area contributed by atoms with Crippen LogP contribution in [0.3, 0.4) is 0 Å². The van der Waals surface area contributed by atoms with Gasteiger partial charge in [-0.05, 0) is 34.1 Å². The topological polar surface area (TPSA) is 55.5 Å². The lowest BCUT2D eigenvalue weighted by Gasteiger charge is -2.32. The predicted molar refractivity (Wildman–Crippen MR) is 50.0 cm³/mol. The average Bonchev–Trinajstić information content (AvgIpc) is 1.78. The summed E-state index contributed by atoms with van der Waals surface area (Å²) in [6, 6.07) is 0. The smallest absolute Gasteiger partial charge is 0.0704 e. The molecule has 0 aromatic carbocycles. The summed E-state index contributed by atoms with van der Waals surface area (Å²) >= 11 is 0. The highest BCUT2D eigenvalue weighted by Gasteiger charge is 2.25. The molecular weight excluding hydrogens is 154 g/mol. The van der Waals surface area contributed by atoms with Gasteiger partial charge in [-0.1, -0.05) is 0 Å². The van der Waals surface area contributed by atoms with Crippen LogP contribution in [0.4, 0.5) is 0 Å². The monoisotopic (exact) mass is 175 g/mol. The zero-order valence-electron chi connectivity index (χ0n) is 8.55. The molecule has 0 atom stereocenters. The molecule has 3 heteroatoms. The molecule has 0 rings (SSSR count). The van der Waals surface area contributed by atoms with Crippen LogP contribution in [0, 0.1) is 0 Å². The van der Waals surface area contributed by atoms with E-state index in [1.165, 1.54) is 0 Å². The number of aliphatic hydroxyl groups is 1. The standard InChI is InChI=1S/C9H21NO2/c1-8(2,10)7-9(3,4)12-6-5-11/h11H,5-7,10H2,1-4H3. The summed E-state index contributed by atoms with van der Waals surface area (Å²) in [5, 5.41) is 8.57. The molecule has 0 aliphatic heterocycles. The number of ether oxygens (including phenoxy) is 1. The van der Waals surface area contributed by atoms with Crippen molar-refractivity contribution in [3.63, 3.8) is 0 Å². The molecule has 3 N–H and O–H groups in total. The minimum absolute atomic E-state index is 0.0639. The van der Waals surface area contributed by atoms with Crippen molar-refractivity contribution in [2.45, 2.75) is 45.3 Å². The van der Waals surface area contributed by atoms with Gasteiger partial charge in [-0.25, -0.2) is 0 Å². The second-order valence-corrected chi connectivity index (χ2v) is 4.50. The van der Waals surface area contributed by atoms with Crippen molar-refractivity contribution in [2.24, 2.45) is 5.73 Å². The number of hydrogen-bond acceptors (Lipinski definition) is 3. The average molecular weight is 175 g/mol. The molecule has 0 aliphatic carbocycles. The van der Waals surface area contributed by atoms with Crippen molar-refractivity contribution in [3.05, 3.63) is 0 Å². The van der Waals surface area contributed by atoms with Crippen LogP contribution in [0.5, 0.6) is 0 Å². The molecule has 0 aliphatic rings. The summed E-state index contributed by atoms with van der Waals surface area (Å²) in [6.07, 6.45) is 0.778. The van der Waals surface area contributed by atoms with Gasteiger partial charge < -0.3 is 15.6 Å². The number of aliphatic hydroxyl groups excluding tert-OH is 1. The van der Waals surface area contributed by atoms with E-state index in [0.29, 0.717) is 6.61 Å². The number of nitrogens with two attached hydrogens (primary N) is 1. The summed E-state index contributed by atoms with van der Waals surface area (Å²) < 4.78 is 5.42. The van der Waals surface area contributed by atoms with E-state index in [1.807, 2.05) is 27.7 Å². The summed E-state index contributed by atoms with van der Waals surface area (Å²) in [5.41, 5.74) is 5.38. The van der Waals surface area contributed by atoms with E-state index in [1.54, 1.807) is 0 Å². The van der Waals surface area contributed by atoms with Gasteiger partial charge in [0.1, 0.15) is 0 Å². The van der Waals surface area contributed by atoms with Gasteiger partial charge in [-0.15, -0.1) is 0 Å². The van der Waals surface area contributed by atoms with E-state index in [-0.39, 0.29) is 17.7 Å². The van der Waals surface area contributed by atoms with Crippen molar-refractivity contribution < 1.29 is 9.84 Å². The fourth-order valence-electron chi connectivity index (χ4n) is 1.47. The quantitative estimate of drug-likeness (QED) is 0.652. The first-order valence-electron chi connectivity index (χ1n) is 4.30. The van der Waals surface area contributed by atoms with E-state index >= 15 is 0 Å². The second-order valence-electron chi connectivity index (χ2n) is 4.50. The molecule has 0 saturated carbocycles. The third-order valence-electron chi connectivity index (χ3n) is 1.47. The normalized spacial score (nSPS) is 13.5. The highest BCUT2D eigenvalue weighted by atomic mass is 16.5. The molecule has 0 amide bonds. The van der Waals surface area contributed by atoms with E-state index in [0.717, 1.165) is 6.42 Å². The molecule has 0 aromatic rings. The number of hydrogen-bond donors (Lipinski definition) is 2. The third kappa shape index (κ3) is 6.58. The fourth-order valence-corrected chi connectivity index (χ4v) is 1.47. The Morgan fingerprint density at radius 3 is 2.08 bits per heavy atom. The largest absolute Gasteiger partial charge is 0.394 e. The van der Waals surface area contributed by atoms with E-state index in [2.05, 4.69) is 0 Å². The molecular formula is C9H21NO2. The van der Waals surface area contributed by atoms with Crippen LogP contribution in [-0.2, 0) is 4.74 Å². The Kier molecular flexibility index (Phi) is 4.17. The lowest BCUT2D eigenvalue weighted by atomic mass is 9.90. The molecule has 0 unspecified atom stereocenters. The molecule has 0 heterocycles. The van der Waals surface area contributed by atoms with Crippen molar-refractivity contribution in [2.75, 3.05) is 13.2 Å². The summed E-state index contributed by atoms with van der Waals surface area (Å²) in [7, 11) is 0. The van der Waals surface area contributed by atoms with E-state index < -0.39 is 0 Å². The maximum atomic E-state index is 8.57. The van der Waals surface area contributed by atoms with Gasteiger partial charge in [0.25, 0.3) is 0 Å². The molecule has 0 spiro atoms. The zero-order chi connectivity index (χ0) is 9.83. The molecule has 0 saturated heterocycles. The molecule has 0 aromatic heterocycles. The van der Waals surface area contributed by atoms with Crippen molar-refractivity contribution in [1.29, 1.82) is 0 Å². The molecule has 3 nitrogen and oxygen atoms in total. The Bertz CT molecular complexity index is 127. The first kappa shape index (κ1) is 11.9. The van der Waals surface area contributed by atoms with Crippen LogP contribution >= 0.6 is 0 Å². The van der Waals surface area contributed by atoms with Crippen molar-refractivity contribution in [3.8, 4) is 0 Å². The number of rotatable bonds is 5. The molecule has 0 radical (unpaired) electrons. The summed E-state index contributed by atoms with van der Waals surface area (Å²) in [5.74, 6) is 0. The lowest BCUT2D eigenvalue weighted by molar-refractivity contribution is -0.0476. The van der Waals surface area contributed by atoms with Crippen molar-refractivity contribution in [1.82, 2.24) is 0 Å². The minimum atomic E-state index is -0.249. The molecule has 12 heavy (non-hydrogen) atoms. The first-order chi connectivity index (χ1) is 5.27. The predicted octanol–water partition coefficient (Wildman–Crippen LogP) is 0.901. The maximum Gasteiger partial charge on any atom is 0.0704 e. The molecule has 74 valence electrons. The van der Waals surface area contributed by atoms with Crippen LogP contribution < -0.4 is 5.73 Å². The van der Waals surface area contributed by atoms with Gasteiger partial charge in [0.05, 0.1) is 18.8 Å². The maximum absolute atomic E-state index is 8.57. The fraction of sp³-hybridized carbons (Fsp3) is 1.00. The molecule has 0 fully saturated rings. The Balaban J connectivity index is 3.86. The van der Waals surface area contributed by atoms with E-state index in [9.17, 15) is 0 Å². The van der Waals surface area contributed by atoms with Crippen molar-refractivity contribution >= 4 is 0 Å². The van der Waals surface area contributed by atoms with Crippen LogP contribution in [0.15, 0.2) is 0 Å². The summed E-state index contributed by atoms with van der Waals surface area (Å²) in [6.45, 7) is 8.35. The van der Waals surface area contributed by atoms with Gasteiger partial charge in [0.15, 0.2) is 0 Å². The van der Waals surface area contributed by atoms with Gasteiger partial charge in [0, 0.05) is 5.54 Å². The van der Waals surface area contributed by atoms with E-state index in [4.69, 9.17) is 15.6 Å². The Morgan fingerprint density at radius 1 is 1.25 bits per heavy atom. The Morgan fingerprint density at radius 2 is 1.75 bits per heavy atom. The van der Waals surface area contributed by atoms with Gasteiger partial charge >= 0.3 is 0 Å². The Hall–Kier alpha value is -0.120. The third-order valence-corrected chi connectivity index (χ3v) is 1.47. The lowest BCUT2D eigenvalue weighted by Crippen LogP contribution is -2.42. The Labute approximate surface area is 74.9 Å². The zero-order valence-corrected chi connectivity index (χ0v) is 8.55. The second kappa shape index (κ2) is 4.21. The molecule has 0 bridgehead atoms. The first-order valence-corrected chi connectivity index (χ1v) is 4.30. The van der Waals surface area contributed by atoms with Crippen LogP contribution in [0.25, 0.3) is 0 Å². The van der Waals surface area contributed by atoms with Crippen LogP contribution in [-0.4, -0.2) is 29.5 Å². The van der Waals surface area contributed by atoms with Gasteiger partial charge in [-0.2, -0.15) is 0 Å². The van der Waals surface area contributed by atoms with Crippen LogP contribution in [0.1, 0.15) is 34.1 Å².